The molecule has 3 aromatic rings. The number of carbonyl (C=O) groups is 2. The normalized spacial score (nSPS) is 10.8. The molecule has 30 heavy (non-hydrogen) atoms. The van der Waals surface area contributed by atoms with Crippen LogP contribution in [0.1, 0.15) is 21.9 Å². The molecule has 3 aromatic heterocycles. The highest BCUT2D eigenvalue weighted by Crippen LogP contribution is 2.27. The second-order valence-corrected chi connectivity index (χ2v) is 7.23. The number of nitrogens with one attached hydrogen (secondary N) is 2. The van der Waals surface area contributed by atoms with E-state index in [4.69, 9.17) is 0 Å². The maximum atomic E-state index is 12.7. The second kappa shape index (κ2) is 8.06. The van der Waals surface area contributed by atoms with Crippen molar-refractivity contribution in [1.29, 1.82) is 0 Å². The van der Waals surface area contributed by atoms with E-state index < -0.39 is 16.7 Å². The minimum absolute atomic E-state index is 0.135. The van der Waals surface area contributed by atoms with Crippen LogP contribution in [0.15, 0.2) is 16.9 Å². The van der Waals surface area contributed by atoms with E-state index in [1.807, 2.05) is 0 Å². The molecule has 2 N–H and O–H groups in total. The van der Waals surface area contributed by atoms with Gasteiger partial charge in [0, 0.05) is 14.1 Å². The summed E-state index contributed by atoms with van der Waals surface area (Å²) in [5, 5.41) is 28.3. The molecule has 0 unspecified atom stereocenters. The SMILES string of the molecule is Cc1c(NC(=O)c2c(NC(=O)Cn3nc([N+](=O)[O-])c(Br)c3C)cnn2C)cnn1C. The monoisotopic (exact) mass is 479 g/mol. The Bertz CT molecular complexity index is 1160. The van der Waals surface area contributed by atoms with Gasteiger partial charge in [-0.25, -0.2) is 0 Å². The third-order valence-electron chi connectivity index (χ3n) is 4.49. The molecular formula is C16H18BrN9O4. The highest BCUT2D eigenvalue weighted by molar-refractivity contribution is 9.10. The Morgan fingerprint density at radius 3 is 2.30 bits per heavy atom. The van der Waals surface area contributed by atoms with Crippen molar-refractivity contribution >= 4 is 44.9 Å². The van der Waals surface area contributed by atoms with E-state index in [9.17, 15) is 19.7 Å². The summed E-state index contributed by atoms with van der Waals surface area (Å²) in [5.74, 6) is -1.38. The summed E-state index contributed by atoms with van der Waals surface area (Å²) in [6, 6.07) is 0. The fraction of sp³-hybridized carbons (Fsp3) is 0.312. The van der Waals surface area contributed by atoms with Crippen molar-refractivity contribution in [3.63, 3.8) is 0 Å². The molecule has 0 saturated carbocycles. The van der Waals surface area contributed by atoms with Crippen molar-refractivity contribution in [2.24, 2.45) is 14.1 Å². The zero-order chi connectivity index (χ0) is 22.2. The summed E-state index contributed by atoms with van der Waals surface area (Å²) in [6.45, 7) is 3.12. The van der Waals surface area contributed by atoms with Gasteiger partial charge in [0.25, 0.3) is 5.91 Å². The van der Waals surface area contributed by atoms with Gasteiger partial charge in [0.2, 0.25) is 5.91 Å². The lowest BCUT2D eigenvalue weighted by molar-refractivity contribution is -0.390. The van der Waals surface area contributed by atoms with Gasteiger partial charge in [-0.3, -0.25) is 19.0 Å². The summed E-state index contributed by atoms with van der Waals surface area (Å²) < 4.78 is 4.35. The van der Waals surface area contributed by atoms with Gasteiger partial charge in [0.05, 0.1) is 40.3 Å². The molecule has 0 atom stereocenters. The van der Waals surface area contributed by atoms with Crippen LogP contribution in [0.4, 0.5) is 17.2 Å². The smallest absolute Gasteiger partial charge is 0.358 e. The van der Waals surface area contributed by atoms with Crippen LogP contribution in [0.5, 0.6) is 0 Å². The standard InChI is InChI=1S/C16H18BrN9O4/c1-8-10(5-18-23(8)3)21-16(28)14-11(6-19-24(14)4)20-12(27)7-25-9(2)13(17)15(22-25)26(29)30/h5-6H,7H2,1-4H3,(H,20,27)(H,21,28). The van der Waals surface area contributed by atoms with Crippen LogP contribution in [0.3, 0.4) is 0 Å². The van der Waals surface area contributed by atoms with Crippen LogP contribution in [0.25, 0.3) is 0 Å². The number of hydrogen-bond acceptors (Lipinski definition) is 7. The van der Waals surface area contributed by atoms with Gasteiger partial charge < -0.3 is 20.7 Å². The molecule has 0 aromatic carbocycles. The Kier molecular flexibility index (Phi) is 5.69. The number of carbonyl (C=O) groups excluding carboxylic acids is 2. The molecule has 0 spiro atoms. The van der Waals surface area contributed by atoms with E-state index in [1.54, 1.807) is 32.6 Å². The van der Waals surface area contributed by atoms with Crippen LogP contribution in [-0.4, -0.2) is 46.1 Å². The van der Waals surface area contributed by atoms with E-state index >= 15 is 0 Å². The molecule has 0 bridgehead atoms. The molecule has 3 rings (SSSR count). The maximum Gasteiger partial charge on any atom is 0.404 e. The summed E-state index contributed by atoms with van der Waals surface area (Å²) in [6.07, 6.45) is 2.87. The van der Waals surface area contributed by atoms with Crippen LogP contribution in [-0.2, 0) is 25.4 Å². The third kappa shape index (κ3) is 3.94. The minimum Gasteiger partial charge on any atom is -0.358 e. The molecule has 0 aliphatic carbocycles. The predicted molar refractivity (Wildman–Crippen MR) is 109 cm³/mol. The van der Waals surface area contributed by atoms with Crippen LogP contribution < -0.4 is 10.6 Å². The number of hydrogen-bond donors (Lipinski definition) is 2. The van der Waals surface area contributed by atoms with Crippen molar-refractivity contribution in [3.05, 3.63) is 44.1 Å². The number of nitro groups is 1. The molecule has 13 nitrogen and oxygen atoms in total. The quantitative estimate of drug-likeness (QED) is 0.401. The van der Waals surface area contributed by atoms with Gasteiger partial charge in [0.15, 0.2) is 0 Å². The number of aromatic nitrogens is 6. The Balaban J connectivity index is 1.77. The average Bonchev–Trinajstić information content (AvgIpc) is 3.28. The largest absolute Gasteiger partial charge is 0.404 e. The summed E-state index contributed by atoms with van der Waals surface area (Å²) in [5.41, 5.74) is 2.05. The van der Waals surface area contributed by atoms with Crippen molar-refractivity contribution in [2.75, 3.05) is 10.6 Å². The molecule has 0 fully saturated rings. The summed E-state index contributed by atoms with van der Waals surface area (Å²) in [4.78, 5) is 35.6. The number of amides is 2. The number of nitrogens with zero attached hydrogens (tertiary/aromatic N) is 7. The molecule has 0 aliphatic heterocycles. The molecule has 2 amide bonds. The Morgan fingerprint density at radius 2 is 1.73 bits per heavy atom. The average molecular weight is 480 g/mol. The van der Waals surface area contributed by atoms with Crippen LogP contribution in [0, 0.1) is 24.0 Å². The van der Waals surface area contributed by atoms with Crippen molar-refractivity contribution in [2.45, 2.75) is 20.4 Å². The molecule has 158 valence electrons. The van der Waals surface area contributed by atoms with Crippen molar-refractivity contribution < 1.29 is 14.5 Å². The van der Waals surface area contributed by atoms with E-state index in [2.05, 4.69) is 41.9 Å². The van der Waals surface area contributed by atoms with Crippen LogP contribution in [0.2, 0.25) is 0 Å². The molecule has 3 heterocycles. The first kappa shape index (κ1) is 21.2. The zero-order valence-electron chi connectivity index (χ0n) is 16.5. The number of rotatable bonds is 6. The Labute approximate surface area is 178 Å². The summed E-state index contributed by atoms with van der Waals surface area (Å²) in [7, 11) is 3.32. The predicted octanol–water partition coefficient (Wildman–Crippen LogP) is 1.53. The van der Waals surface area contributed by atoms with E-state index in [-0.39, 0.29) is 28.2 Å². The van der Waals surface area contributed by atoms with Gasteiger partial charge in [-0.2, -0.15) is 14.9 Å². The molecule has 0 saturated heterocycles. The highest BCUT2D eigenvalue weighted by atomic mass is 79.9. The van der Waals surface area contributed by atoms with Gasteiger partial charge in [-0.05, 0) is 34.7 Å². The van der Waals surface area contributed by atoms with Crippen LogP contribution >= 0.6 is 15.9 Å². The topological polar surface area (TPSA) is 155 Å². The van der Waals surface area contributed by atoms with E-state index in [0.29, 0.717) is 11.4 Å². The number of halogens is 1. The second-order valence-electron chi connectivity index (χ2n) is 6.44. The lowest BCUT2D eigenvalue weighted by Gasteiger charge is -2.08. The molecule has 0 radical (unpaired) electrons. The number of anilines is 2. The first-order valence-electron chi connectivity index (χ1n) is 8.59. The highest BCUT2D eigenvalue weighted by Gasteiger charge is 2.26. The fourth-order valence-corrected chi connectivity index (χ4v) is 3.13. The lowest BCUT2D eigenvalue weighted by atomic mass is 10.3. The third-order valence-corrected chi connectivity index (χ3v) is 5.42. The van der Waals surface area contributed by atoms with Gasteiger partial charge in [-0.15, -0.1) is 0 Å². The van der Waals surface area contributed by atoms with Gasteiger partial charge >= 0.3 is 5.82 Å². The zero-order valence-corrected chi connectivity index (χ0v) is 18.1. The molecular weight excluding hydrogens is 462 g/mol. The summed E-state index contributed by atoms with van der Waals surface area (Å²) >= 11 is 3.10. The van der Waals surface area contributed by atoms with E-state index in [0.717, 1.165) is 5.69 Å². The molecule has 14 heteroatoms. The van der Waals surface area contributed by atoms with Gasteiger partial charge in [0.1, 0.15) is 16.7 Å². The minimum atomic E-state index is -0.643. The van der Waals surface area contributed by atoms with Crippen molar-refractivity contribution in [1.82, 2.24) is 29.3 Å². The van der Waals surface area contributed by atoms with E-state index in [1.165, 1.54) is 21.8 Å². The molecule has 0 aliphatic rings. The van der Waals surface area contributed by atoms with Gasteiger partial charge in [-0.1, -0.05) is 0 Å². The first-order valence-corrected chi connectivity index (χ1v) is 9.38. The fourth-order valence-electron chi connectivity index (χ4n) is 2.71. The Morgan fingerprint density at radius 1 is 1.10 bits per heavy atom. The lowest BCUT2D eigenvalue weighted by Crippen LogP contribution is -2.23. The first-order chi connectivity index (χ1) is 14.1. The maximum absolute atomic E-state index is 12.7. The number of aryl methyl sites for hydroxylation is 2. The Hall–Kier alpha value is -3.55. The van der Waals surface area contributed by atoms with Crippen molar-refractivity contribution in [3.8, 4) is 0 Å².